The summed E-state index contributed by atoms with van der Waals surface area (Å²) in [5, 5.41) is 9.26. The van der Waals surface area contributed by atoms with Gasteiger partial charge in [-0.15, -0.1) is 0 Å². The minimum absolute atomic E-state index is 0.226. The largest absolute Gasteiger partial charge is 0.493 e. The van der Waals surface area contributed by atoms with Crippen LogP contribution < -0.4 is 9.47 Å². The molecular formula is C18H23NO4. The number of nitriles is 1. The Morgan fingerprint density at radius 1 is 1.17 bits per heavy atom. The molecule has 0 fully saturated rings. The van der Waals surface area contributed by atoms with Crippen LogP contribution in [0, 0.1) is 11.3 Å². The number of unbranched alkanes of at least 4 members (excludes halogenated alkanes) is 3. The highest BCUT2D eigenvalue weighted by molar-refractivity contribution is 5.95. The summed E-state index contributed by atoms with van der Waals surface area (Å²) >= 11 is 0. The van der Waals surface area contributed by atoms with E-state index in [2.05, 4.69) is 6.92 Å². The summed E-state index contributed by atoms with van der Waals surface area (Å²) in [6.45, 7) is 2.50. The van der Waals surface area contributed by atoms with Crippen LogP contribution >= 0.6 is 0 Å². The molecule has 124 valence electrons. The molecule has 0 saturated heterocycles. The van der Waals surface area contributed by atoms with Crippen LogP contribution in [0.15, 0.2) is 24.3 Å². The Morgan fingerprint density at radius 3 is 2.52 bits per heavy atom. The smallest absolute Gasteiger partial charge is 0.332 e. The summed E-state index contributed by atoms with van der Waals surface area (Å²) in [5.74, 6) is 0.555. The second-order valence-corrected chi connectivity index (χ2v) is 4.97. The Balaban J connectivity index is 2.75. The average molecular weight is 317 g/mol. The van der Waals surface area contributed by atoms with Crippen molar-refractivity contribution in [3.05, 3.63) is 29.8 Å². The number of rotatable bonds is 9. The minimum Gasteiger partial charge on any atom is -0.493 e. The van der Waals surface area contributed by atoms with Gasteiger partial charge in [-0.1, -0.05) is 26.2 Å². The van der Waals surface area contributed by atoms with Gasteiger partial charge in [0.15, 0.2) is 11.5 Å². The van der Waals surface area contributed by atoms with Crippen molar-refractivity contribution in [2.75, 3.05) is 20.8 Å². The van der Waals surface area contributed by atoms with Crippen LogP contribution in [0.25, 0.3) is 5.57 Å². The highest BCUT2D eigenvalue weighted by atomic mass is 16.5. The number of methoxy groups -OCH3 is 2. The molecule has 1 rings (SSSR count). The molecule has 0 unspecified atom stereocenters. The van der Waals surface area contributed by atoms with Gasteiger partial charge in [-0.3, -0.25) is 0 Å². The highest BCUT2D eigenvalue weighted by Crippen LogP contribution is 2.30. The number of carbonyl (C=O) groups is 1. The van der Waals surface area contributed by atoms with Crippen molar-refractivity contribution in [1.29, 1.82) is 5.26 Å². The Labute approximate surface area is 137 Å². The summed E-state index contributed by atoms with van der Waals surface area (Å²) in [4.78, 5) is 11.8. The van der Waals surface area contributed by atoms with Crippen molar-refractivity contribution in [3.63, 3.8) is 0 Å². The number of hydrogen-bond acceptors (Lipinski definition) is 5. The number of ether oxygens (including phenoxy) is 3. The number of carbonyl (C=O) groups excluding carboxylic acids is 1. The van der Waals surface area contributed by atoms with E-state index in [0.717, 1.165) is 25.7 Å². The third-order valence-corrected chi connectivity index (χ3v) is 3.32. The van der Waals surface area contributed by atoms with Crippen molar-refractivity contribution in [3.8, 4) is 17.6 Å². The Kier molecular flexibility index (Phi) is 8.30. The van der Waals surface area contributed by atoms with Gasteiger partial charge in [0.05, 0.1) is 26.4 Å². The molecule has 0 spiro atoms. The lowest BCUT2D eigenvalue weighted by molar-refractivity contribution is -0.137. The predicted octanol–water partition coefficient (Wildman–Crippen LogP) is 3.73. The van der Waals surface area contributed by atoms with Crippen molar-refractivity contribution in [1.82, 2.24) is 0 Å². The van der Waals surface area contributed by atoms with Gasteiger partial charge in [-0.2, -0.15) is 5.26 Å². The topological polar surface area (TPSA) is 68.6 Å². The first-order valence-electron chi connectivity index (χ1n) is 7.67. The van der Waals surface area contributed by atoms with Crippen molar-refractivity contribution in [2.45, 2.75) is 32.6 Å². The van der Waals surface area contributed by atoms with E-state index in [-0.39, 0.29) is 5.57 Å². The van der Waals surface area contributed by atoms with E-state index in [9.17, 15) is 10.1 Å². The quantitative estimate of drug-likeness (QED) is 0.300. The number of benzene rings is 1. The van der Waals surface area contributed by atoms with Gasteiger partial charge < -0.3 is 14.2 Å². The van der Waals surface area contributed by atoms with Crippen LogP contribution in [0.1, 0.15) is 38.2 Å². The first kappa shape index (κ1) is 18.6. The zero-order chi connectivity index (χ0) is 17.1. The molecular weight excluding hydrogens is 294 g/mol. The fourth-order valence-corrected chi connectivity index (χ4v) is 2.05. The first-order chi connectivity index (χ1) is 11.2. The van der Waals surface area contributed by atoms with Crippen LogP contribution in [-0.4, -0.2) is 26.8 Å². The summed E-state index contributed by atoms with van der Waals surface area (Å²) in [5.41, 5.74) is 0.803. The van der Waals surface area contributed by atoms with Gasteiger partial charge >= 0.3 is 5.97 Å². The average Bonchev–Trinajstić information content (AvgIpc) is 2.58. The van der Waals surface area contributed by atoms with Crippen LogP contribution in [0.4, 0.5) is 0 Å². The van der Waals surface area contributed by atoms with E-state index in [1.165, 1.54) is 20.3 Å². The van der Waals surface area contributed by atoms with E-state index >= 15 is 0 Å². The molecule has 0 radical (unpaired) electrons. The van der Waals surface area contributed by atoms with Crippen LogP contribution in [0.2, 0.25) is 0 Å². The molecule has 0 aromatic heterocycles. The van der Waals surface area contributed by atoms with Gasteiger partial charge in [0, 0.05) is 6.08 Å². The summed E-state index contributed by atoms with van der Waals surface area (Å²) in [6.07, 6.45) is 5.34. The van der Waals surface area contributed by atoms with E-state index in [0.29, 0.717) is 23.7 Å². The second-order valence-electron chi connectivity index (χ2n) is 4.97. The molecule has 0 N–H and O–H groups in total. The SMILES string of the molecule is CCCCCCOC(=O)C=C(C#N)c1ccc(OC)c(OC)c1. The molecule has 0 aliphatic heterocycles. The molecule has 1 aromatic rings. The summed E-state index contributed by atoms with van der Waals surface area (Å²) < 4.78 is 15.5. The predicted molar refractivity (Wildman–Crippen MR) is 88.2 cm³/mol. The number of esters is 1. The fourth-order valence-electron chi connectivity index (χ4n) is 2.05. The molecule has 5 nitrogen and oxygen atoms in total. The number of nitrogens with zero attached hydrogens (tertiary/aromatic N) is 1. The fraction of sp³-hybridized carbons (Fsp3) is 0.444. The Morgan fingerprint density at radius 2 is 1.91 bits per heavy atom. The molecule has 0 bridgehead atoms. The maximum absolute atomic E-state index is 11.8. The molecule has 0 aliphatic carbocycles. The van der Waals surface area contributed by atoms with E-state index in [1.54, 1.807) is 18.2 Å². The normalized spacial score (nSPS) is 10.8. The van der Waals surface area contributed by atoms with Gasteiger partial charge in [-0.05, 0) is 30.2 Å². The Hall–Kier alpha value is -2.48. The lowest BCUT2D eigenvalue weighted by atomic mass is 10.1. The molecule has 0 amide bonds. The van der Waals surface area contributed by atoms with Crippen molar-refractivity contribution in [2.24, 2.45) is 0 Å². The third kappa shape index (κ3) is 6.03. The molecule has 0 atom stereocenters. The summed E-state index contributed by atoms with van der Waals surface area (Å²) in [6, 6.07) is 7.06. The van der Waals surface area contributed by atoms with Crippen molar-refractivity contribution >= 4 is 11.5 Å². The monoisotopic (exact) mass is 317 g/mol. The standard InChI is InChI=1S/C18H23NO4/c1-4-5-6-7-10-23-18(20)12-15(13-19)14-8-9-16(21-2)17(11-14)22-3/h8-9,11-12H,4-7,10H2,1-3H3. The lowest BCUT2D eigenvalue weighted by Crippen LogP contribution is -2.03. The van der Waals surface area contributed by atoms with Gasteiger partial charge in [0.2, 0.25) is 0 Å². The molecule has 5 heteroatoms. The van der Waals surface area contributed by atoms with Gasteiger partial charge in [0.25, 0.3) is 0 Å². The number of hydrogen-bond donors (Lipinski definition) is 0. The highest BCUT2D eigenvalue weighted by Gasteiger charge is 2.10. The maximum atomic E-state index is 11.8. The Bertz CT molecular complexity index is 587. The maximum Gasteiger partial charge on any atom is 0.332 e. The van der Waals surface area contributed by atoms with Gasteiger partial charge in [-0.25, -0.2) is 4.79 Å². The molecule has 0 aliphatic rings. The molecule has 0 heterocycles. The van der Waals surface area contributed by atoms with Crippen molar-refractivity contribution < 1.29 is 19.0 Å². The van der Waals surface area contributed by atoms with E-state index in [4.69, 9.17) is 14.2 Å². The minimum atomic E-state index is -0.507. The zero-order valence-electron chi connectivity index (χ0n) is 13.9. The zero-order valence-corrected chi connectivity index (χ0v) is 13.9. The molecule has 23 heavy (non-hydrogen) atoms. The number of allylic oxidation sites excluding steroid dienone is 1. The van der Waals surface area contributed by atoms with E-state index < -0.39 is 5.97 Å². The summed E-state index contributed by atoms with van der Waals surface area (Å²) in [7, 11) is 3.05. The third-order valence-electron chi connectivity index (χ3n) is 3.32. The first-order valence-corrected chi connectivity index (χ1v) is 7.67. The van der Waals surface area contributed by atoms with Crippen LogP contribution in [0.5, 0.6) is 11.5 Å². The van der Waals surface area contributed by atoms with Crippen LogP contribution in [-0.2, 0) is 9.53 Å². The molecule has 1 aromatic carbocycles. The lowest BCUT2D eigenvalue weighted by Gasteiger charge is -2.09. The van der Waals surface area contributed by atoms with E-state index in [1.807, 2.05) is 6.07 Å². The second kappa shape index (κ2) is 10.3. The molecule has 0 saturated carbocycles. The van der Waals surface area contributed by atoms with Gasteiger partial charge in [0.1, 0.15) is 6.07 Å². The van der Waals surface area contributed by atoms with Crippen LogP contribution in [0.3, 0.4) is 0 Å².